The second-order valence-electron chi connectivity index (χ2n) is 9.57. The van der Waals surface area contributed by atoms with Crippen LogP contribution in [-0.2, 0) is 14.8 Å². The number of carbonyl (C=O) groups excluding carboxylic acids is 1. The van der Waals surface area contributed by atoms with Crippen LogP contribution in [0.15, 0.2) is 41.3 Å². The molecule has 0 bridgehead atoms. The molecule has 2 aromatic carbocycles. The van der Waals surface area contributed by atoms with Gasteiger partial charge in [0.1, 0.15) is 0 Å². The molecule has 2 saturated heterocycles. The van der Waals surface area contributed by atoms with E-state index in [4.69, 9.17) is 21.3 Å². The van der Waals surface area contributed by atoms with Crippen molar-refractivity contribution in [3.63, 3.8) is 0 Å². The lowest BCUT2D eigenvalue weighted by Gasteiger charge is -2.32. The van der Waals surface area contributed by atoms with Crippen LogP contribution < -0.4 is 4.90 Å². The van der Waals surface area contributed by atoms with Crippen molar-refractivity contribution >= 4 is 54.2 Å². The minimum Gasteiger partial charge on any atom is -0.376 e. The smallest absolute Gasteiger partial charge is 0.260 e. The third-order valence-electron chi connectivity index (χ3n) is 7.02. The van der Waals surface area contributed by atoms with Crippen LogP contribution in [0.1, 0.15) is 54.9 Å². The van der Waals surface area contributed by atoms with E-state index >= 15 is 0 Å². The summed E-state index contributed by atoms with van der Waals surface area (Å²) in [6.07, 6.45) is 4.53. The molecule has 10 heteroatoms. The topological polar surface area (TPSA) is 79.8 Å². The molecule has 1 aromatic heterocycles. The molecule has 3 aromatic rings. The van der Waals surface area contributed by atoms with Crippen molar-refractivity contribution in [1.29, 1.82) is 0 Å². The fourth-order valence-corrected chi connectivity index (χ4v) is 7.96. The molecule has 36 heavy (non-hydrogen) atoms. The van der Waals surface area contributed by atoms with E-state index in [1.54, 1.807) is 21.3 Å². The van der Waals surface area contributed by atoms with Crippen molar-refractivity contribution < 1.29 is 17.9 Å². The number of piperidine rings is 1. The van der Waals surface area contributed by atoms with Gasteiger partial charge in [0.25, 0.3) is 5.91 Å². The Hall–Kier alpha value is -2.04. The van der Waals surface area contributed by atoms with Crippen molar-refractivity contribution in [3.05, 3.63) is 52.5 Å². The average molecular weight is 548 g/mol. The number of aryl methyl sites for hydroxylation is 1. The molecular weight excluding hydrogens is 518 g/mol. The molecule has 0 N–H and O–H groups in total. The summed E-state index contributed by atoms with van der Waals surface area (Å²) in [6.45, 7) is 5.50. The summed E-state index contributed by atoms with van der Waals surface area (Å²) in [6, 6.07) is 10.00. The molecule has 2 aliphatic rings. The molecule has 2 atom stereocenters. The second kappa shape index (κ2) is 10.4. The Kier molecular flexibility index (Phi) is 7.38. The average Bonchev–Trinajstić information content (AvgIpc) is 3.55. The monoisotopic (exact) mass is 547 g/mol. The second-order valence-corrected chi connectivity index (χ2v) is 12.8. The maximum Gasteiger partial charge on any atom is 0.260 e. The Balaban J connectivity index is 1.46. The Bertz CT molecular complexity index is 1330. The SMILES string of the molecule is Cc1ccc(Cl)c2sc(N(CC3CCCO3)C(=O)c3ccc(S(=O)(=O)N4CCCCC4C)cc3)nc12. The number of halogens is 1. The number of hydrogen-bond donors (Lipinski definition) is 0. The number of benzene rings is 2. The van der Waals surface area contributed by atoms with E-state index in [1.165, 1.54) is 23.5 Å². The Labute approximate surface area is 221 Å². The normalized spacial score (nSPS) is 21.2. The lowest BCUT2D eigenvalue weighted by Crippen LogP contribution is -2.42. The summed E-state index contributed by atoms with van der Waals surface area (Å²) < 4.78 is 34.7. The van der Waals surface area contributed by atoms with Crippen molar-refractivity contribution in [3.8, 4) is 0 Å². The quantitative estimate of drug-likeness (QED) is 0.398. The number of amides is 1. The Morgan fingerprint density at radius 1 is 1.17 bits per heavy atom. The molecule has 192 valence electrons. The first-order chi connectivity index (χ1) is 17.3. The molecule has 0 spiro atoms. The number of thiazole rings is 1. The third-order valence-corrected chi connectivity index (χ3v) is 10.6. The molecule has 2 fully saturated rings. The number of ether oxygens (including phenoxy) is 1. The Morgan fingerprint density at radius 3 is 2.61 bits per heavy atom. The fourth-order valence-electron chi connectivity index (χ4n) is 4.94. The third kappa shape index (κ3) is 4.91. The molecule has 2 aliphatic heterocycles. The molecule has 2 unspecified atom stereocenters. The van der Waals surface area contributed by atoms with Crippen molar-refractivity contribution in [2.24, 2.45) is 0 Å². The first-order valence-corrected chi connectivity index (χ1v) is 15.0. The lowest BCUT2D eigenvalue weighted by atomic mass is 10.1. The first kappa shape index (κ1) is 25.6. The van der Waals surface area contributed by atoms with Crippen molar-refractivity contribution in [1.82, 2.24) is 9.29 Å². The number of carbonyl (C=O) groups is 1. The van der Waals surface area contributed by atoms with Crippen LogP contribution in [0.5, 0.6) is 0 Å². The summed E-state index contributed by atoms with van der Waals surface area (Å²) in [5.74, 6) is -0.242. The zero-order valence-corrected chi connectivity index (χ0v) is 22.8. The van der Waals surface area contributed by atoms with E-state index in [1.807, 2.05) is 26.0 Å². The van der Waals surface area contributed by atoms with Crippen molar-refractivity contribution in [2.45, 2.75) is 63.0 Å². The molecule has 0 saturated carbocycles. The number of sulfonamides is 1. The molecule has 3 heterocycles. The maximum atomic E-state index is 13.7. The van der Waals surface area contributed by atoms with Gasteiger partial charge in [-0.3, -0.25) is 9.69 Å². The van der Waals surface area contributed by atoms with Crippen LogP contribution >= 0.6 is 22.9 Å². The summed E-state index contributed by atoms with van der Waals surface area (Å²) in [4.78, 5) is 20.4. The standard InChI is InChI=1S/C26H30ClN3O4S2/c1-17-8-13-22(27)24-23(17)28-26(35-24)29(16-20-7-5-15-34-20)25(31)19-9-11-21(12-10-19)36(32,33)30-14-4-3-6-18(30)2/h8-13,18,20H,3-7,14-16H2,1-2H3. The van der Waals surface area contributed by atoms with Gasteiger partial charge in [0.15, 0.2) is 5.13 Å². The van der Waals surface area contributed by atoms with E-state index in [-0.39, 0.29) is 22.9 Å². The van der Waals surface area contributed by atoms with Gasteiger partial charge < -0.3 is 4.74 Å². The lowest BCUT2D eigenvalue weighted by molar-refractivity contribution is 0.0917. The van der Waals surface area contributed by atoms with E-state index in [9.17, 15) is 13.2 Å². The van der Waals surface area contributed by atoms with Gasteiger partial charge in [-0.05, 0) is 75.4 Å². The van der Waals surface area contributed by atoms with Gasteiger partial charge in [0, 0.05) is 24.8 Å². The minimum absolute atomic E-state index is 0.0266. The summed E-state index contributed by atoms with van der Waals surface area (Å²) in [7, 11) is -3.61. The highest BCUT2D eigenvalue weighted by molar-refractivity contribution is 7.89. The first-order valence-electron chi connectivity index (χ1n) is 12.4. The van der Waals surface area contributed by atoms with Crippen LogP contribution in [0.3, 0.4) is 0 Å². The zero-order valence-electron chi connectivity index (χ0n) is 20.4. The molecular formula is C26H30ClN3O4S2. The highest BCUT2D eigenvalue weighted by atomic mass is 35.5. The number of nitrogens with zero attached hydrogens (tertiary/aromatic N) is 3. The van der Waals surface area contributed by atoms with Crippen LogP contribution in [-0.4, -0.2) is 55.5 Å². The fraction of sp³-hybridized carbons (Fsp3) is 0.462. The number of aromatic nitrogens is 1. The van der Waals surface area contributed by atoms with Gasteiger partial charge in [-0.15, -0.1) is 0 Å². The highest BCUT2D eigenvalue weighted by Gasteiger charge is 2.32. The highest BCUT2D eigenvalue weighted by Crippen LogP contribution is 2.37. The van der Waals surface area contributed by atoms with E-state index in [0.29, 0.717) is 35.4 Å². The van der Waals surface area contributed by atoms with E-state index < -0.39 is 10.0 Å². The summed E-state index contributed by atoms with van der Waals surface area (Å²) >= 11 is 7.81. The summed E-state index contributed by atoms with van der Waals surface area (Å²) in [5, 5.41) is 1.16. The Morgan fingerprint density at radius 2 is 1.94 bits per heavy atom. The number of hydrogen-bond acceptors (Lipinski definition) is 6. The molecule has 5 rings (SSSR count). The zero-order chi connectivity index (χ0) is 25.4. The summed E-state index contributed by atoms with van der Waals surface area (Å²) in [5.41, 5.74) is 2.17. The van der Waals surface area contributed by atoms with Gasteiger partial charge in [0.2, 0.25) is 10.0 Å². The van der Waals surface area contributed by atoms with Gasteiger partial charge in [-0.1, -0.05) is 35.4 Å². The van der Waals surface area contributed by atoms with Crippen molar-refractivity contribution in [2.75, 3.05) is 24.6 Å². The number of rotatable bonds is 6. The molecule has 0 aliphatic carbocycles. The van der Waals surface area contributed by atoms with Gasteiger partial charge in [-0.2, -0.15) is 4.31 Å². The molecule has 1 amide bonds. The van der Waals surface area contributed by atoms with Gasteiger partial charge in [0.05, 0.1) is 32.8 Å². The maximum absolute atomic E-state index is 13.7. The molecule has 0 radical (unpaired) electrons. The van der Waals surface area contributed by atoms with Crippen LogP contribution in [0.2, 0.25) is 5.02 Å². The van der Waals surface area contributed by atoms with Crippen LogP contribution in [0.25, 0.3) is 10.2 Å². The number of anilines is 1. The molecule has 7 nitrogen and oxygen atoms in total. The van der Waals surface area contributed by atoms with Gasteiger partial charge >= 0.3 is 0 Å². The van der Waals surface area contributed by atoms with E-state index in [0.717, 1.165) is 47.9 Å². The number of fused-ring (bicyclic) bond motifs is 1. The van der Waals surface area contributed by atoms with E-state index in [2.05, 4.69) is 0 Å². The predicted molar refractivity (Wildman–Crippen MR) is 144 cm³/mol. The largest absolute Gasteiger partial charge is 0.376 e. The van der Waals surface area contributed by atoms with Crippen LogP contribution in [0, 0.1) is 6.92 Å². The predicted octanol–water partition coefficient (Wildman–Crippen LogP) is 5.65. The van der Waals surface area contributed by atoms with Gasteiger partial charge in [-0.25, -0.2) is 13.4 Å². The van der Waals surface area contributed by atoms with Crippen LogP contribution in [0.4, 0.5) is 5.13 Å². The minimum atomic E-state index is -3.61.